The van der Waals surface area contributed by atoms with Crippen LogP contribution in [0.25, 0.3) is 0 Å². The number of hydrogen-bond donors (Lipinski definition) is 1. The highest BCUT2D eigenvalue weighted by molar-refractivity contribution is 6.31. The average Bonchev–Trinajstić information content (AvgIpc) is 3.20. The van der Waals surface area contributed by atoms with E-state index in [9.17, 15) is 9.59 Å². The van der Waals surface area contributed by atoms with Crippen LogP contribution in [-0.2, 0) is 16.1 Å². The summed E-state index contributed by atoms with van der Waals surface area (Å²) in [6.45, 7) is 4.73. The van der Waals surface area contributed by atoms with Crippen molar-refractivity contribution in [1.82, 2.24) is 15.1 Å². The molecule has 2 heterocycles. The van der Waals surface area contributed by atoms with Gasteiger partial charge in [-0.3, -0.25) is 14.5 Å². The van der Waals surface area contributed by atoms with Crippen LogP contribution in [0, 0.1) is 0 Å². The zero-order chi connectivity index (χ0) is 21.6. The van der Waals surface area contributed by atoms with Crippen LogP contribution in [0.2, 0.25) is 5.02 Å². The summed E-state index contributed by atoms with van der Waals surface area (Å²) in [7, 11) is 0. The molecule has 164 valence electrons. The van der Waals surface area contributed by atoms with Gasteiger partial charge < -0.3 is 15.0 Å². The minimum Gasteiger partial charge on any atom is -0.379 e. The smallest absolute Gasteiger partial charge is 0.251 e. The third-order valence-corrected chi connectivity index (χ3v) is 6.28. The molecule has 2 aromatic rings. The van der Waals surface area contributed by atoms with E-state index in [2.05, 4.69) is 10.2 Å². The van der Waals surface area contributed by atoms with Crippen molar-refractivity contribution >= 4 is 23.4 Å². The van der Waals surface area contributed by atoms with Gasteiger partial charge in [-0.05, 0) is 35.7 Å². The van der Waals surface area contributed by atoms with Crippen LogP contribution in [0.1, 0.15) is 40.4 Å². The molecule has 4 rings (SSSR count). The number of likely N-dealkylation sites (tertiary alicyclic amines) is 1. The lowest BCUT2D eigenvalue weighted by molar-refractivity contribution is -0.128. The summed E-state index contributed by atoms with van der Waals surface area (Å²) in [5.74, 6) is 0.0582. The fraction of sp³-hybridized carbons (Fsp3) is 0.417. The maximum atomic E-state index is 12.9. The third-order valence-electron chi connectivity index (χ3n) is 5.94. The average molecular weight is 442 g/mol. The first-order valence-corrected chi connectivity index (χ1v) is 11.2. The molecular formula is C24H28ClN3O3. The summed E-state index contributed by atoms with van der Waals surface area (Å²) in [5, 5.41) is 3.79. The van der Waals surface area contributed by atoms with Crippen molar-refractivity contribution < 1.29 is 14.3 Å². The Labute approximate surface area is 188 Å². The molecular weight excluding hydrogens is 414 g/mol. The fourth-order valence-electron chi connectivity index (χ4n) is 4.26. The molecule has 0 radical (unpaired) electrons. The van der Waals surface area contributed by atoms with E-state index in [1.807, 2.05) is 53.4 Å². The van der Waals surface area contributed by atoms with E-state index in [1.165, 1.54) is 0 Å². The monoisotopic (exact) mass is 441 g/mol. The topological polar surface area (TPSA) is 61.9 Å². The van der Waals surface area contributed by atoms with Crippen LogP contribution in [0.4, 0.5) is 0 Å². The van der Waals surface area contributed by atoms with Gasteiger partial charge in [-0.2, -0.15) is 0 Å². The molecule has 2 amide bonds. The second-order valence-electron chi connectivity index (χ2n) is 8.01. The van der Waals surface area contributed by atoms with Gasteiger partial charge in [-0.1, -0.05) is 41.9 Å². The molecule has 7 heteroatoms. The van der Waals surface area contributed by atoms with Gasteiger partial charge >= 0.3 is 0 Å². The van der Waals surface area contributed by atoms with Gasteiger partial charge in [0.1, 0.15) is 0 Å². The molecule has 31 heavy (non-hydrogen) atoms. The number of nitrogens with zero attached hydrogens (tertiary/aromatic N) is 2. The molecule has 1 atom stereocenters. The second-order valence-corrected chi connectivity index (χ2v) is 8.42. The first kappa shape index (κ1) is 21.8. The molecule has 0 spiro atoms. The van der Waals surface area contributed by atoms with Crippen LogP contribution >= 0.6 is 11.6 Å². The lowest BCUT2D eigenvalue weighted by Crippen LogP contribution is -2.44. The summed E-state index contributed by atoms with van der Waals surface area (Å²) in [4.78, 5) is 29.0. The standard InChI is InChI=1S/C24H28ClN3O3/c25-21-8-2-1-7-20(21)22(27-11-13-31-14-12-27)16-26-24(30)19-6-3-5-18(15-19)17-28-10-4-9-23(28)29/h1-3,5-8,15,22H,4,9-14,16-17H2,(H,26,30). The molecule has 2 aliphatic rings. The number of nitrogens with one attached hydrogen (secondary N) is 1. The molecule has 2 aliphatic heterocycles. The van der Waals surface area contributed by atoms with Gasteiger partial charge in [0.2, 0.25) is 5.91 Å². The van der Waals surface area contributed by atoms with Gasteiger partial charge in [0.15, 0.2) is 0 Å². The van der Waals surface area contributed by atoms with E-state index in [0.29, 0.717) is 43.3 Å². The molecule has 6 nitrogen and oxygen atoms in total. The lowest BCUT2D eigenvalue weighted by atomic mass is 10.0. The van der Waals surface area contributed by atoms with Gasteiger partial charge in [0, 0.05) is 49.7 Å². The normalized spacial score (nSPS) is 18.2. The Morgan fingerprint density at radius 2 is 1.90 bits per heavy atom. The molecule has 0 aliphatic carbocycles. The van der Waals surface area contributed by atoms with E-state index < -0.39 is 0 Å². The number of halogens is 1. The minimum absolute atomic E-state index is 0.0213. The summed E-state index contributed by atoms with van der Waals surface area (Å²) in [5.41, 5.74) is 2.58. The number of amides is 2. The summed E-state index contributed by atoms with van der Waals surface area (Å²) < 4.78 is 5.50. The molecule has 1 N–H and O–H groups in total. The molecule has 0 aromatic heterocycles. The zero-order valence-corrected chi connectivity index (χ0v) is 18.3. The number of ether oxygens (including phenoxy) is 1. The summed E-state index contributed by atoms with van der Waals surface area (Å²) >= 11 is 6.48. The fourth-order valence-corrected chi connectivity index (χ4v) is 4.53. The molecule has 2 fully saturated rings. The third kappa shape index (κ3) is 5.45. The molecule has 0 bridgehead atoms. The predicted molar refractivity (Wildman–Crippen MR) is 120 cm³/mol. The first-order chi connectivity index (χ1) is 15.1. The maximum Gasteiger partial charge on any atom is 0.251 e. The van der Waals surface area contributed by atoms with Crippen LogP contribution in [-0.4, -0.2) is 61.0 Å². The molecule has 2 saturated heterocycles. The Balaban J connectivity index is 1.44. The number of carbonyl (C=O) groups excluding carboxylic acids is 2. The van der Waals surface area contributed by atoms with Crippen molar-refractivity contribution in [3.63, 3.8) is 0 Å². The highest BCUT2D eigenvalue weighted by Crippen LogP contribution is 2.28. The molecule has 0 saturated carbocycles. The largest absolute Gasteiger partial charge is 0.379 e. The Kier molecular flexibility index (Phi) is 7.22. The van der Waals surface area contributed by atoms with Crippen molar-refractivity contribution in [2.45, 2.75) is 25.4 Å². The van der Waals surface area contributed by atoms with Gasteiger partial charge in [0.25, 0.3) is 5.91 Å². The zero-order valence-electron chi connectivity index (χ0n) is 17.6. The van der Waals surface area contributed by atoms with Crippen molar-refractivity contribution in [1.29, 1.82) is 0 Å². The van der Waals surface area contributed by atoms with E-state index in [4.69, 9.17) is 16.3 Å². The van der Waals surface area contributed by atoms with Gasteiger partial charge in [-0.15, -0.1) is 0 Å². The van der Waals surface area contributed by atoms with E-state index in [1.54, 1.807) is 0 Å². The Morgan fingerprint density at radius 1 is 1.10 bits per heavy atom. The number of morpholine rings is 1. The first-order valence-electron chi connectivity index (χ1n) is 10.8. The quantitative estimate of drug-likeness (QED) is 0.716. The van der Waals surface area contributed by atoms with Gasteiger partial charge in [-0.25, -0.2) is 0 Å². The highest BCUT2D eigenvalue weighted by Gasteiger charge is 2.25. The van der Waals surface area contributed by atoms with Crippen LogP contribution in [0.15, 0.2) is 48.5 Å². The predicted octanol–water partition coefficient (Wildman–Crippen LogP) is 3.27. The maximum absolute atomic E-state index is 12.9. The van der Waals surface area contributed by atoms with Crippen molar-refractivity contribution in [3.05, 3.63) is 70.2 Å². The van der Waals surface area contributed by atoms with E-state index in [0.717, 1.165) is 37.2 Å². The van der Waals surface area contributed by atoms with Crippen LogP contribution in [0.3, 0.4) is 0 Å². The van der Waals surface area contributed by atoms with Crippen molar-refractivity contribution in [3.8, 4) is 0 Å². The molecule has 2 aromatic carbocycles. The van der Waals surface area contributed by atoms with Crippen molar-refractivity contribution in [2.75, 3.05) is 39.4 Å². The van der Waals surface area contributed by atoms with Crippen LogP contribution < -0.4 is 5.32 Å². The second kappa shape index (κ2) is 10.3. The summed E-state index contributed by atoms with van der Waals surface area (Å²) in [6, 6.07) is 15.3. The number of benzene rings is 2. The molecule has 1 unspecified atom stereocenters. The number of carbonyl (C=O) groups is 2. The van der Waals surface area contributed by atoms with Crippen molar-refractivity contribution in [2.24, 2.45) is 0 Å². The van der Waals surface area contributed by atoms with Gasteiger partial charge in [0.05, 0.1) is 19.3 Å². The Hall–Kier alpha value is -2.41. The Bertz CT molecular complexity index is 930. The minimum atomic E-state index is -0.125. The number of hydrogen-bond acceptors (Lipinski definition) is 4. The lowest BCUT2D eigenvalue weighted by Gasteiger charge is -2.35. The highest BCUT2D eigenvalue weighted by atomic mass is 35.5. The number of rotatable bonds is 7. The van der Waals surface area contributed by atoms with E-state index in [-0.39, 0.29) is 17.9 Å². The van der Waals surface area contributed by atoms with Crippen LogP contribution in [0.5, 0.6) is 0 Å². The van der Waals surface area contributed by atoms with E-state index >= 15 is 0 Å². The SMILES string of the molecule is O=C(NCC(c1ccccc1Cl)N1CCOCC1)c1cccc(CN2CCCC2=O)c1. The Morgan fingerprint density at radius 3 is 2.65 bits per heavy atom. The summed E-state index contributed by atoms with van der Waals surface area (Å²) in [6.07, 6.45) is 1.52.